The maximum Gasteiger partial charge on any atom is 0.253 e. The van der Waals surface area contributed by atoms with Crippen LogP contribution in [0.2, 0.25) is 0 Å². The Bertz CT molecular complexity index is 899. The highest BCUT2D eigenvalue weighted by Crippen LogP contribution is 2.30. The smallest absolute Gasteiger partial charge is 0.253 e. The van der Waals surface area contributed by atoms with Gasteiger partial charge in [-0.3, -0.25) is 9.78 Å². The van der Waals surface area contributed by atoms with Crippen LogP contribution in [0.4, 0.5) is 11.5 Å². The van der Waals surface area contributed by atoms with Crippen molar-refractivity contribution >= 4 is 17.4 Å². The minimum atomic E-state index is -0.203. The Kier molecular flexibility index (Phi) is 5.84. The first-order valence-electron chi connectivity index (χ1n) is 8.33. The number of methoxy groups -OCH3 is 2. The molecule has 7 nitrogen and oxygen atoms in total. The van der Waals surface area contributed by atoms with Crippen LogP contribution >= 0.6 is 0 Å². The van der Waals surface area contributed by atoms with Crippen LogP contribution in [0, 0.1) is 0 Å². The zero-order chi connectivity index (χ0) is 19.1. The molecular formula is C20H20N4O3. The molecule has 27 heavy (non-hydrogen) atoms. The first-order chi connectivity index (χ1) is 13.2. The Hall–Kier alpha value is -3.61. The second kappa shape index (κ2) is 8.66. The van der Waals surface area contributed by atoms with E-state index in [0.29, 0.717) is 29.4 Å². The number of nitrogens with one attached hydrogen (secondary N) is 2. The van der Waals surface area contributed by atoms with Crippen molar-refractivity contribution in [3.8, 4) is 11.5 Å². The van der Waals surface area contributed by atoms with E-state index in [1.165, 1.54) is 6.20 Å². The molecule has 0 bridgehead atoms. The SMILES string of the molecule is COc1ccc(Nc2ccc(C(=O)NCc3ccccn3)cn2)cc1OC. The number of pyridine rings is 2. The fraction of sp³-hybridized carbons (Fsp3) is 0.150. The Morgan fingerprint density at radius 3 is 2.52 bits per heavy atom. The predicted octanol–water partition coefficient (Wildman–Crippen LogP) is 3.17. The van der Waals surface area contributed by atoms with Gasteiger partial charge in [0.15, 0.2) is 11.5 Å². The average Bonchev–Trinajstić information content (AvgIpc) is 2.73. The van der Waals surface area contributed by atoms with Crippen molar-refractivity contribution in [2.45, 2.75) is 6.54 Å². The van der Waals surface area contributed by atoms with E-state index in [2.05, 4.69) is 20.6 Å². The van der Waals surface area contributed by atoms with E-state index in [4.69, 9.17) is 9.47 Å². The second-order valence-electron chi connectivity index (χ2n) is 5.63. The minimum absolute atomic E-state index is 0.203. The summed E-state index contributed by atoms with van der Waals surface area (Å²) in [6.07, 6.45) is 3.22. The third-order valence-corrected chi connectivity index (χ3v) is 3.84. The minimum Gasteiger partial charge on any atom is -0.493 e. The van der Waals surface area contributed by atoms with Crippen LogP contribution in [-0.2, 0) is 6.54 Å². The summed E-state index contributed by atoms with van der Waals surface area (Å²) in [7, 11) is 3.17. The molecule has 0 aliphatic rings. The summed E-state index contributed by atoms with van der Waals surface area (Å²) in [5.41, 5.74) is 2.07. The van der Waals surface area contributed by atoms with Crippen LogP contribution in [0.5, 0.6) is 11.5 Å². The van der Waals surface area contributed by atoms with Crippen LogP contribution in [0.15, 0.2) is 60.9 Å². The summed E-state index contributed by atoms with van der Waals surface area (Å²) in [5.74, 6) is 1.68. The van der Waals surface area contributed by atoms with Crippen molar-refractivity contribution in [1.82, 2.24) is 15.3 Å². The summed E-state index contributed by atoms with van der Waals surface area (Å²) in [6, 6.07) is 14.5. The van der Waals surface area contributed by atoms with Crippen molar-refractivity contribution in [3.63, 3.8) is 0 Å². The molecular weight excluding hydrogens is 344 g/mol. The molecule has 1 aromatic carbocycles. The van der Waals surface area contributed by atoms with E-state index in [1.54, 1.807) is 38.6 Å². The fourth-order valence-electron chi connectivity index (χ4n) is 2.44. The van der Waals surface area contributed by atoms with Crippen LogP contribution in [0.3, 0.4) is 0 Å². The largest absolute Gasteiger partial charge is 0.493 e. The molecule has 0 aliphatic heterocycles. The van der Waals surface area contributed by atoms with Crippen LogP contribution in [-0.4, -0.2) is 30.1 Å². The van der Waals surface area contributed by atoms with Gasteiger partial charge in [0, 0.05) is 24.1 Å². The van der Waals surface area contributed by atoms with Gasteiger partial charge in [-0.25, -0.2) is 4.98 Å². The zero-order valence-electron chi connectivity index (χ0n) is 15.1. The molecule has 2 heterocycles. The van der Waals surface area contributed by atoms with Crippen LogP contribution < -0.4 is 20.1 Å². The monoisotopic (exact) mass is 364 g/mol. The first kappa shape index (κ1) is 18.2. The predicted molar refractivity (Wildman–Crippen MR) is 102 cm³/mol. The fourth-order valence-corrected chi connectivity index (χ4v) is 2.44. The zero-order valence-corrected chi connectivity index (χ0v) is 15.1. The normalized spacial score (nSPS) is 10.1. The molecule has 0 unspecified atom stereocenters. The van der Waals surface area contributed by atoms with Gasteiger partial charge in [-0.2, -0.15) is 0 Å². The number of amides is 1. The molecule has 2 aromatic heterocycles. The molecule has 0 radical (unpaired) electrons. The highest BCUT2D eigenvalue weighted by molar-refractivity contribution is 5.94. The lowest BCUT2D eigenvalue weighted by Gasteiger charge is -2.11. The number of aromatic nitrogens is 2. The van der Waals surface area contributed by atoms with E-state index in [9.17, 15) is 4.79 Å². The molecule has 0 aliphatic carbocycles. The van der Waals surface area contributed by atoms with Gasteiger partial charge in [-0.1, -0.05) is 6.07 Å². The summed E-state index contributed by atoms with van der Waals surface area (Å²) < 4.78 is 10.5. The standard InChI is InChI=1S/C20H20N4O3/c1-26-17-8-7-15(11-18(17)27-2)24-19-9-6-14(12-22-19)20(25)23-13-16-5-3-4-10-21-16/h3-12H,13H2,1-2H3,(H,22,24)(H,23,25). The quantitative estimate of drug-likeness (QED) is 0.670. The summed E-state index contributed by atoms with van der Waals surface area (Å²) in [4.78, 5) is 20.7. The number of carbonyl (C=O) groups is 1. The van der Waals surface area contributed by atoms with Gasteiger partial charge < -0.3 is 20.1 Å². The van der Waals surface area contributed by atoms with E-state index >= 15 is 0 Å². The molecule has 2 N–H and O–H groups in total. The number of anilines is 2. The average molecular weight is 364 g/mol. The summed E-state index contributed by atoms with van der Waals surface area (Å²) >= 11 is 0. The first-order valence-corrected chi connectivity index (χ1v) is 8.33. The Morgan fingerprint density at radius 2 is 1.85 bits per heavy atom. The van der Waals surface area contributed by atoms with Crippen molar-refractivity contribution in [2.24, 2.45) is 0 Å². The molecule has 7 heteroatoms. The highest BCUT2D eigenvalue weighted by Gasteiger charge is 2.08. The van der Waals surface area contributed by atoms with Crippen molar-refractivity contribution < 1.29 is 14.3 Å². The third kappa shape index (κ3) is 4.72. The van der Waals surface area contributed by atoms with E-state index in [0.717, 1.165) is 11.4 Å². The molecule has 0 spiro atoms. The van der Waals surface area contributed by atoms with Crippen LogP contribution in [0.25, 0.3) is 0 Å². The van der Waals surface area contributed by atoms with Gasteiger partial charge in [0.1, 0.15) is 5.82 Å². The topological polar surface area (TPSA) is 85.4 Å². The van der Waals surface area contributed by atoms with Crippen LogP contribution in [0.1, 0.15) is 16.1 Å². The van der Waals surface area contributed by atoms with Crippen molar-refractivity contribution in [2.75, 3.05) is 19.5 Å². The number of hydrogen-bond acceptors (Lipinski definition) is 6. The highest BCUT2D eigenvalue weighted by atomic mass is 16.5. The number of ether oxygens (including phenoxy) is 2. The van der Waals surface area contributed by atoms with Gasteiger partial charge in [0.25, 0.3) is 5.91 Å². The molecule has 1 amide bonds. The maximum absolute atomic E-state index is 12.2. The molecule has 3 rings (SSSR count). The Balaban J connectivity index is 1.62. The number of hydrogen-bond donors (Lipinski definition) is 2. The third-order valence-electron chi connectivity index (χ3n) is 3.84. The molecule has 0 fully saturated rings. The molecule has 0 atom stereocenters. The van der Waals surface area contributed by atoms with E-state index in [1.807, 2.05) is 30.3 Å². The van der Waals surface area contributed by atoms with Crippen molar-refractivity contribution in [3.05, 3.63) is 72.2 Å². The lowest BCUT2D eigenvalue weighted by molar-refractivity contribution is 0.0950. The Morgan fingerprint density at radius 1 is 1.00 bits per heavy atom. The van der Waals surface area contributed by atoms with Gasteiger partial charge in [0.05, 0.1) is 32.0 Å². The second-order valence-corrected chi connectivity index (χ2v) is 5.63. The number of nitrogens with zero attached hydrogens (tertiary/aromatic N) is 2. The van der Waals surface area contributed by atoms with Gasteiger partial charge in [-0.15, -0.1) is 0 Å². The molecule has 0 saturated heterocycles. The van der Waals surface area contributed by atoms with Gasteiger partial charge >= 0.3 is 0 Å². The molecule has 138 valence electrons. The molecule has 3 aromatic rings. The number of benzene rings is 1. The molecule has 0 saturated carbocycles. The van der Waals surface area contributed by atoms with E-state index < -0.39 is 0 Å². The maximum atomic E-state index is 12.2. The van der Waals surface area contributed by atoms with Crippen molar-refractivity contribution in [1.29, 1.82) is 0 Å². The Labute approximate surface area is 157 Å². The van der Waals surface area contributed by atoms with Gasteiger partial charge in [0.2, 0.25) is 0 Å². The van der Waals surface area contributed by atoms with Gasteiger partial charge in [-0.05, 0) is 36.4 Å². The number of carbonyl (C=O) groups excluding carboxylic acids is 1. The lowest BCUT2D eigenvalue weighted by Crippen LogP contribution is -2.23. The summed E-state index contributed by atoms with van der Waals surface area (Å²) in [6.45, 7) is 0.366. The van der Waals surface area contributed by atoms with E-state index in [-0.39, 0.29) is 5.91 Å². The number of rotatable bonds is 7. The summed E-state index contributed by atoms with van der Waals surface area (Å²) in [5, 5.41) is 5.99. The lowest BCUT2D eigenvalue weighted by atomic mass is 10.2.